The lowest BCUT2D eigenvalue weighted by Crippen LogP contribution is -2.51. The highest BCUT2D eigenvalue weighted by Gasteiger charge is 2.36. The van der Waals surface area contributed by atoms with Gasteiger partial charge in [0.1, 0.15) is 10.9 Å². The molecule has 8 heteroatoms. The second-order valence-corrected chi connectivity index (χ2v) is 8.00. The van der Waals surface area contributed by atoms with Gasteiger partial charge in [-0.25, -0.2) is 8.42 Å². The van der Waals surface area contributed by atoms with Crippen molar-refractivity contribution in [2.24, 2.45) is 0 Å². The molecule has 1 N–H and O–H groups in total. The van der Waals surface area contributed by atoms with Crippen molar-refractivity contribution in [3.63, 3.8) is 0 Å². The molecule has 6 nitrogen and oxygen atoms in total. The number of carbonyl (C=O) groups excluding carboxylic acids is 1. The third-order valence-corrected chi connectivity index (χ3v) is 6.51. The van der Waals surface area contributed by atoms with E-state index in [1.165, 1.54) is 35.1 Å². The van der Waals surface area contributed by atoms with Gasteiger partial charge in [0.2, 0.25) is 0 Å². The van der Waals surface area contributed by atoms with Crippen LogP contribution in [-0.2, 0) is 9.84 Å². The second-order valence-electron chi connectivity index (χ2n) is 4.40. The Morgan fingerprint density at radius 3 is 2.95 bits per heavy atom. The molecule has 0 saturated carbocycles. The van der Waals surface area contributed by atoms with E-state index < -0.39 is 26.5 Å². The molecule has 0 aromatic carbocycles. The number of aromatic nitrogens is 1. The molecular weight excluding hydrogens is 300 g/mol. The molecule has 110 valence electrons. The SMILES string of the molecule is CCS(=O)(=O)C1CSCCN1C(=O)c1c[nH]ccc1=O. The molecule has 1 aromatic heterocycles. The summed E-state index contributed by atoms with van der Waals surface area (Å²) in [6.45, 7) is 1.90. The van der Waals surface area contributed by atoms with Crippen molar-refractivity contribution in [3.05, 3.63) is 34.2 Å². The van der Waals surface area contributed by atoms with E-state index in [1.807, 2.05) is 0 Å². The second kappa shape index (κ2) is 6.01. The lowest BCUT2D eigenvalue weighted by molar-refractivity contribution is 0.0747. The van der Waals surface area contributed by atoms with Crippen LogP contribution in [0.3, 0.4) is 0 Å². The minimum atomic E-state index is -3.36. The summed E-state index contributed by atoms with van der Waals surface area (Å²) in [5.41, 5.74) is -0.421. The van der Waals surface area contributed by atoms with Crippen molar-refractivity contribution in [1.82, 2.24) is 9.88 Å². The maximum Gasteiger partial charge on any atom is 0.260 e. The molecule has 1 saturated heterocycles. The van der Waals surface area contributed by atoms with Gasteiger partial charge in [0.05, 0.1) is 0 Å². The summed E-state index contributed by atoms with van der Waals surface area (Å²) in [6, 6.07) is 1.26. The number of hydrogen-bond donors (Lipinski definition) is 1. The fourth-order valence-electron chi connectivity index (χ4n) is 2.04. The van der Waals surface area contributed by atoms with Gasteiger partial charge in [0.25, 0.3) is 5.91 Å². The van der Waals surface area contributed by atoms with Gasteiger partial charge in [-0.2, -0.15) is 11.8 Å². The van der Waals surface area contributed by atoms with Crippen LogP contribution >= 0.6 is 11.8 Å². The molecule has 1 amide bonds. The zero-order valence-corrected chi connectivity index (χ0v) is 12.7. The zero-order chi connectivity index (χ0) is 14.8. The summed E-state index contributed by atoms with van der Waals surface area (Å²) in [4.78, 5) is 28.1. The number of H-pyrrole nitrogens is 1. The van der Waals surface area contributed by atoms with Crippen LogP contribution in [0.2, 0.25) is 0 Å². The van der Waals surface area contributed by atoms with Gasteiger partial charge in [0.15, 0.2) is 15.3 Å². The number of aromatic amines is 1. The molecule has 1 aliphatic rings. The highest BCUT2D eigenvalue weighted by atomic mass is 32.2. The number of nitrogens with one attached hydrogen (secondary N) is 1. The molecule has 1 fully saturated rings. The number of nitrogens with zero attached hydrogens (tertiary/aromatic N) is 1. The molecule has 20 heavy (non-hydrogen) atoms. The summed E-state index contributed by atoms with van der Waals surface area (Å²) in [5.74, 6) is 0.487. The van der Waals surface area contributed by atoms with E-state index in [4.69, 9.17) is 0 Å². The van der Waals surface area contributed by atoms with E-state index in [2.05, 4.69) is 4.98 Å². The van der Waals surface area contributed by atoms with Crippen molar-refractivity contribution in [2.75, 3.05) is 23.8 Å². The molecule has 1 unspecified atom stereocenters. The van der Waals surface area contributed by atoms with Crippen molar-refractivity contribution in [1.29, 1.82) is 0 Å². The minimum Gasteiger partial charge on any atom is -0.367 e. The molecule has 0 radical (unpaired) electrons. The minimum absolute atomic E-state index is 0.0179. The first-order chi connectivity index (χ1) is 9.47. The predicted octanol–water partition coefficient (Wildman–Crippen LogP) is 0.325. The van der Waals surface area contributed by atoms with E-state index in [0.717, 1.165) is 0 Å². The average Bonchev–Trinajstić information content (AvgIpc) is 2.47. The average molecular weight is 316 g/mol. The van der Waals surface area contributed by atoms with Gasteiger partial charge in [-0.1, -0.05) is 6.92 Å². The first kappa shape index (κ1) is 15.1. The third-order valence-electron chi connectivity index (χ3n) is 3.22. The fraction of sp³-hybridized carbons (Fsp3) is 0.500. The number of hydrogen-bond acceptors (Lipinski definition) is 5. The lowest BCUT2D eigenvalue weighted by Gasteiger charge is -2.34. The van der Waals surface area contributed by atoms with Crippen LogP contribution in [0.25, 0.3) is 0 Å². The van der Waals surface area contributed by atoms with E-state index in [1.54, 1.807) is 6.92 Å². The van der Waals surface area contributed by atoms with Crippen molar-refractivity contribution in [2.45, 2.75) is 12.3 Å². The third kappa shape index (κ3) is 2.90. The largest absolute Gasteiger partial charge is 0.367 e. The van der Waals surface area contributed by atoms with Crippen molar-refractivity contribution in [3.8, 4) is 0 Å². The Kier molecular flexibility index (Phi) is 4.54. The van der Waals surface area contributed by atoms with Crippen LogP contribution < -0.4 is 5.43 Å². The number of rotatable bonds is 3. The summed E-state index contributed by atoms with van der Waals surface area (Å²) in [7, 11) is -3.36. The first-order valence-electron chi connectivity index (χ1n) is 6.24. The molecule has 1 atom stereocenters. The van der Waals surface area contributed by atoms with Crippen LogP contribution in [0.5, 0.6) is 0 Å². The monoisotopic (exact) mass is 316 g/mol. The van der Waals surface area contributed by atoms with E-state index in [0.29, 0.717) is 18.1 Å². The van der Waals surface area contributed by atoms with Crippen LogP contribution in [0.1, 0.15) is 17.3 Å². The molecule has 0 aliphatic carbocycles. The molecule has 2 rings (SSSR count). The van der Waals surface area contributed by atoms with Gasteiger partial charge in [-0.3, -0.25) is 9.59 Å². The number of carbonyl (C=O) groups is 1. The Morgan fingerprint density at radius 1 is 1.55 bits per heavy atom. The predicted molar refractivity (Wildman–Crippen MR) is 78.7 cm³/mol. The summed E-state index contributed by atoms with van der Waals surface area (Å²) < 4.78 is 24.2. The topological polar surface area (TPSA) is 87.3 Å². The Bertz CT molecular complexity index is 653. The molecule has 1 aliphatic heterocycles. The van der Waals surface area contributed by atoms with Gasteiger partial charge in [-0.05, 0) is 0 Å². The number of thioether (sulfide) groups is 1. The number of sulfone groups is 1. The van der Waals surface area contributed by atoms with Crippen molar-refractivity contribution < 1.29 is 13.2 Å². The van der Waals surface area contributed by atoms with Crippen LogP contribution in [0.4, 0.5) is 0 Å². The molecule has 0 spiro atoms. The van der Waals surface area contributed by atoms with Gasteiger partial charge >= 0.3 is 0 Å². The highest BCUT2D eigenvalue weighted by molar-refractivity contribution is 8.01. The van der Waals surface area contributed by atoms with Gasteiger partial charge in [0, 0.05) is 42.3 Å². The fourth-order valence-corrected chi connectivity index (χ4v) is 5.01. The van der Waals surface area contributed by atoms with Crippen LogP contribution in [-0.4, -0.2) is 53.4 Å². The normalized spacial score (nSPS) is 19.9. The number of amides is 1. The summed E-state index contributed by atoms with van der Waals surface area (Å²) >= 11 is 1.51. The quantitative estimate of drug-likeness (QED) is 0.868. The smallest absolute Gasteiger partial charge is 0.260 e. The lowest BCUT2D eigenvalue weighted by atomic mass is 10.2. The summed E-state index contributed by atoms with van der Waals surface area (Å²) in [5, 5.41) is -0.849. The molecule has 1 aromatic rings. The Balaban J connectivity index is 2.36. The summed E-state index contributed by atoms with van der Waals surface area (Å²) in [6.07, 6.45) is 2.76. The first-order valence-corrected chi connectivity index (χ1v) is 9.11. The van der Waals surface area contributed by atoms with Crippen molar-refractivity contribution >= 4 is 27.5 Å². The highest BCUT2D eigenvalue weighted by Crippen LogP contribution is 2.22. The zero-order valence-electron chi connectivity index (χ0n) is 11.0. The van der Waals surface area contributed by atoms with Crippen LogP contribution in [0.15, 0.2) is 23.3 Å². The Hall–Kier alpha value is -1.28. The van der Waals surface area contributed by atoms with Gasteiger partial charge in [-0.15, -0.1) is 0 Å². The molecule has 0 bridgehead atoms. The standard InChI is InChI=1S/C12H16N2O4S2/c1-2-20(17,18)11-8-19-6-5-14(11)12(16)9-7-13-4-3-10(9)15/h3-4,7,11H,2,5-6,8H2,1H3,(H,13,15). The Morgan fingerprint density at radius 2 is 2.30 bits per heavy atom. The van der Waals surface area contributed by atoms with Gasteiger partial charge < -0.3 is 9.88 Å². The maximum atomic E-state index is 12.4. The number of pyridine rings is 1. The van der Waals surface area contributed by atoms with Crippen LogP contribution in [0, 0.1) is 0 Å². The van der Waals surface area contributed by atoms with E-state index >= 15 is 0 Å². The van der Waals surface area contributed by atoms with E-state index in [9.17, 15) is 18.0 Å². The maximum absolute atomic E-state index is 12.4. The molecule has 2 heterocycles. The van der Waals surface area contributed by atoms with E-state index in [-0.39, 0.29) is 11.3 Å². The molecular formula is C12H16N2O4S2. The Labute approximate surface area is 121 Å².